The van der Waals surface area contributed by atoms with Gasteiger partial charge in [0.15, 0.2) is 5.65 Å². The number of rotatable bonds is 10. The summed E-state index contributed by atoms with van der Waals surface area (Å²) in [6.45, 7) is 8.78. The molecule has 0 aliphatic carbocycles. The predicted molar refractivity (Wildman–Crippen MR) is 151 cm³/mol. The molecule has 0 unspecified atom stereocenters. The third kappa shape index (κ3) is 6.35. The van der Waals surface area contributed by atoms with Crippen molar-refractivity contribution in [1.82, 2.24) is 34.9 Å². The Morgan fingerprint density at radius 3 is 2.61 bits per heavy atom. The molecule has 0 spiro atoms. The van der Waals surface area contributed by atoms with Crippen LogP contribution in [0.3, 0.4) is 0 Å². The lowest BCUT2D eigenvalue weighted by atomic mass is 10.0. The van der Waals surface area contributed by atoms with Crippen molar-refractivity contribution in [2.45, 2.75) is 39.9 Å². The Morgan fingerprint density at radius 1 is 1.11 bits per heavy atom. The van der Waals surface area contributed by atoms with Gasteiger partial charge in [0, 0.05) is 49.0 Å². The van der Waals surface area contributed by atoms with Gasteiger partial charge in [0.2, 0.25) is 0 Å². The molecular formula is C29H37N7O2. The van der Waals surface area contributed by atoms with Crippen LogP contribution in [0.1, 0.15) is 47.1 Å². The molecule has 3 aromatic heterocycles. The van der Waals surface area contributed by atoms with E-state index in [-0.39, 0.29) is 24.1 Å². The summed E-state index contributed by atoms with van der Waals surface area (Å²) in [5, 5.41) is 8.10. The normalized spacial score (nSPS) is 11.7. The third-order valence-electron chi connectivity index (χ3n) is 6.48. The van der Waals surface area contributed by atoms with Gasteiger partial charge in [-0.15, -0.1) is 0 Å². The molecule has 1 aromatic carbocycles. The van der Waals surface area contributed by atoms with E-state index in [0.717, 1.165) is 30.9 Å². The molecule has 4 aromatic rings. The van der Waals surface area contributed by atoms with Gasteiger partial charge in [-0.05, 0) is 65.7 Å². The number of aromatic nitrogens is 4. The van der Waals surface area contributed by atoms with Crippen LogP contribution in [0.4, 0.5) is 0 Å². The number of aryl methyl sites for hydroxylation is 1. The molecule has 38 heavy (non-hydrogen) atoms. The average Bonchev–Trinajstić information content (AvgIpc) is 3.31. The van der Waals surface area contributed by atoms with Crippen molar-refractivity contribution in [2.24, 2.45) is 0 Å². The fourth-order valence-electron chi connectivity index (χ4n) is 4.33. The summed E-state index contributed by atoms with van der Waals surface area (Å²) in [4.78, 5) is 37.8. The number of carbonyl (C=O) groups is 1. The van der Waals surface area contributed by atoms with Crippen LogP contribution in [-0.4, -0.2) is 69.7 Å². The molecule has 0 saturated heterocycles. The van der Waals surface area contributed by atoms with Gasteiger partial charge in [-0.2, -0.15) is 5.10 Å². The summed E-state index contributed by atoms with van der Waals surface area (Å²) in [7, 11) is 6.26. The van der Waals surface area contributed by atoms with Crippen molar-refractivity contribution >= 4 is 16.9 Å². The van der Waals surface area contributed by atoms with Crippen molar-refractivity contribution in [3.8, 4) is 11.3 Å². The van der Waals surface area contributed by atoms with Crippen LogP contribution >= 0.6 is 0 Å². The number of carbonyl (C=O) groups excluding carboxylic acids is 1. The van der Waals surface area contributed by atoms with Crippen LogP contribution in [0.5, 0.6) is 0 Å². The summed E-state index contributed by atoms with van der Waals surface area (Å²) in [6.07, 6.45) is 1.69. The van der Waals surface area contributed by atoms with Crippen LogP contribution in [-0.2, 0) is 13.1 Å². The molecule has 0 saturated carbocycles. The number of hydrogen-bond acceptors (Lipinski definition) is 6. The van der Waals surface area contributed by atoms with Gasteiger partial charge >= 0.3 is 0 Å². The zero-order chi connectivity index (χ0) is 27.4. The zero-order valence-electron chi connectivity index (χ0n) is 23.1. The second kappa shape index (κ2) is 11.7. The smallest absolute Gasteiger partial charge is 0.253 e. The number of nitrogens with one attached hydrogen (secondary N) is 2. The number of benzene rings is 1. The minimum absolute atomic E-state index is 0.0777. The Labute approximate surface area is 223 Å². The van der Waals surface area contributed by atoms with E-state index in [9.17, 15) is 9.59 Å². The molecule has 1 amide bonds. The Bertz CT molecular complexity index is 1490. The van der Waals surface area contributed by atoms with Crippen molar-refractivity contribution in [2.75, 3.05) is 34.2 Å². The van der Waals surface area contributed by atoms with E-state index in [1.54, 1.807) is 12.3 Å². The molecule has 4 rings (SSSR count). The summed E-state index contributed by atoms with van der Waals surface area (Å²) in [6, 6.07) is 13.7. The van der Waals surface area contributed by atoms with Crippen molar-refractivity contribution in [3.05, 3.63) is 81.4 Å². The maximum Gasteiger partial charge on any atom is 0.253 e. The molecule has 0 aliphatic heterocycles. The van der Waals surface area contributed by atoms with Gasteiger partial charge in [0.1, 0.15) is 0 Å². The first-order valence-electron chi connectivity index (χ1n) is 12.9. The Balaban J connectivity index is 1.67. The van der Waals surface area contributed by atoms with E-state index < -0.39 is 0 Å². The molecule has 0 radical (unpaired) electrons. The van der Waals surface area contributed by atoms with Gasteiger partial charge < -0.3 is 20.1 Å². The van der Waals surface area contributed by atoms with Crippen LogP contribution in [0, 0.1) is 6.92 Å². The summed E-state index contributed by atoms with van der Waals surface area (Å²) in [5.41, 5.74) is 5.02. The maximum absolute atomic E-state index is 13.4. The molecule has 9 nitrogen and oxygen atoms in total. The number of nitrogens with zero attached hydrogens (tertiary/aromatic N) is 5. The Morgan fingerprint density at radius 2 is 1.89 bits per heavy atom. The largest absolute Gasteiger partial charge is 0.348 e. The zero-order valence-corrected chi connectivity index (χ0v) is 23.1. The number of H-pyrrole nitrogens is 1. The number of hydrogen-bond donors (Lipinski definition) is 2. The van der Waals surface area contributed by atoms with Crippen LogP contribution < -0.4 is 10.9 Å². The minimum atomic E-state index is -0.276. The van der Waals surface area contributed by atoms with Gasteiger partial charge in [0.25, 0.3) is 11.5 Å². The number of aromatic amines is 1. The fourth-order valence-corrected chi connectivity index (χ4v) is 4.33. The van der Waals surface area contributed by atoms with E-state index in [2.05, 4.69) is 58.5 Å². The number of pyridine rings is 2. The lowest BCUT2D eigenvalue weighted by Gasteiger charge is -2.19. The first-order chi connectivity index (χ1) is 18.1. The molecule has 0 bridgehead atoms. The summed E-state index contributed by atoms with van der Waals surface area (Å²) < 4.78 is 1.83. The van der Waals surface area contributed by atoms with Crippen molar-refractivity contribution in [1.29, 1.82) is 0 Å². The minimum Gasteiger partial charge on any atom is -0.348 e. The van der Waals surface area contributed by atoms with Crippen LogP contribution in [0.25, 0.3) is 22.3 Å². The summed E-state index contributed by atoms with van der Waals surface area (Å²) in [5.74, 6) is -0.276. The average molecular weight is 516 g/mol. The second-order valence-corrected chi connectivity index (χ2v) is 10.4. The monoisotopic (exact) mass is 515 g/mol. The van der Waals surface area contributed by atoms with E-state index in [1.165, 1.54) is 5.56 Å². The first kappa shape index (κ1) is 27.2. The SMILES string of the molecule is Cc1ccc(CNC(=O)c2cc(-c3cccc(CN(C)CCN(C)C)c3)nc3c2cnn3C(C)C)c(=O)[nH]1. The highest BCUT2D eigenvalue weighted by atomic mass is 16.1. The quantitative estimate of drug-likeness (QED) is 0.335. The van der Waals surface area contributed by atoms with E-state index in [1.807, 2.05) is 49.7 Å². The van der Waals surface area contributed by atoms with Gasteiger partial charge in [-0.1, -0.05) is 24.3 Å². The molecule has 0 aliphatic rings. The number of fused-ring (bicyclic) bond motifs is 1. The lowest BCUT2D eigenvalue weighted by Crippen LogP contribution is -2.28. The molecule has 0 atom stereocenters. The van der Waals surface area contributed by atoms with Gasteiger partial charge in [0.05, 0.1) is 22.8 Å². The van der Waals surface area contributed by atoms with E-state index >= 15 is 0 Å². The Hall–Kier alpha value is -3.82. The summed E-state index contributed by atoms with van der Waals surface area (Å²) >= 11 is 0. The highest BCUT2D eigenvalue weighted by Gasteiger charge is 2.19. The van der Waals surface area contributed by atoms with Gasteiger partial charge in [-0.3, -0.25) is 9.59 Å². The second-order valence-electron chi connectivity index (χ2n) is 10.4. The number of likely N-dealkylation sites (N-methyl/N-ethyl adjacent to an activating group) is 2. The molecule has 200 valence electrons. The van der Waals surface area contributed by atoms with E-state index in [4.69, 9.17) is 4.98 Å². The molecule has 2 N–H and O–H groups in total. The standard InChI is InChI=1S/C29H37N7O2/c1-19(2)36-27-25(17-31-36)24(29(38)30-16-23-11-10-20(3)32-28(23)37)15-26(33-27)22-9-7-8-21(14-22)18-35(6)13-12-34(4)5/h7-11,14-15,17,19H,12-13,16,18H2,1-6H3,(H,30,38)(H,32,37). The Kier molecular flexibility index (Phi) is 8.38. The molecule has 3 heterocycles. The van der Waals surface area contributed by atoms with Crippen LogP contribution in [0.15, 0.2) is 53.5 Å². The molecule has 9 heteroatoms. The highest BCUT2D eigenvalue weighted by molar-refractivity contribution is 6.06. The highest BCUT2D eigenvalue weighted by Crippen LogP contribution is 2.27. The predicted octanol–water partition coefficient (Wildman–Crippen LogP) is 3.60. The van der Waals surface area contributed by atoms with Crippen molar-refractivity contribution < 1.29 is 4.79 Å². The first-order valence-corrected chi connectivity index (χ1v) is 12.9. The fraction of sp³-hybridized carbons (Fsp3) is 0.379. The number of amides is 1. The maximum atomic E-state index is 13.4. The lowest BCUT2D eigenvalue weighted by molar-refractivity contribution is 0.0952. The van der Waals surface area contributed by atoms with Crippen LogP contribution in [0.2, 0.25) is 0 Å². The van der Waals surface area contributed by atoms with Crippen molar-refractivity contribution in [3.63, 3.8) is 0 Å². The topological polar surface area (TPSA) is 99.2 Å². The molecular weight excluding hydrogens is 478 g/mol. The third-order valence-corrected chi connectivity index (χ3v) is 6.48. The van der Waals surface area contributed by atoms with E-state index in [0.29, 0.717) is 27.9 Å². The van der Waals surface area contributed by atoms with Gasteiger partial charge in [-0.25, -0.2) is 9.67 Å². The molecule has 0 fully saturated rings.